The molecule has 5 heteroatoms. The molecule has 68 heavy (non-hydrogen) atoms. The molecule has 3 heterocycles. The molecule has 0 unspecified atom stereocenters. The van der Waals surface area contributed by atoms with Crippen molar-refractivity contribution in [1.82, 2.24) is 9.55 Å². The van der Waals surface area contributed by atoms with Crippen LogP contribution in [-0.4, -0.2) is 16.2 Å². The van der Waals surface area contributed by atoms with Gasteiger partial charge in [0.25, 0.3) is 0 Å². The number of aromatic nitrogens is 2. The molecular formula is C63H72N4O. The summed E-state index contributed by atoms with van der Waals surface area (Å²) in [5.41, 5.74) is 17.3. The maximum Gasteiger partial charge on any atom is 0.138 e. The summed E-state index contributed by atoms with van der Waals surface area (Å²) in [6.45, 7) is 35.1. The van der Waals surface area contributed by atoms with Crippen LogP contribution in [0.3, 0.4) is 0 Å². The SMILES string of the molecule is CC(C)c1cc(C(C)C)c(-c2ccnc(-n3c4ccc(C(C)(C)C)cc4c4ccc(Oc5cc(N6CN(c7cccc(C(C)(C)C)c7)c7ccccc76)cc(C(C)(C)C)c5)cc43)c2)c(C(C)C)c1. The monoisotopic (exact) mass is 901 g/mol. The zero-order chi connectivity index (χ0) is 48.6. The Kier molecular flexibility index (Phi) is 11.9. The average molecular weight is 901 g/mol. The lowest BCUT2D eigenvalue weighted by atomic mass is 9.82. The van der Waals surface area contributed by atoms with Gasteiger partial charge in [-0.1, -0.05) is 146 Å². The van der Waals surface area contributed by atoms with E-state index in [9.17, 15) is 0 Å². The first kappa shape index (κ1) is 46.8. The third-order valence-electron chi connectivity index (χ3n) is 14.1. The minimum Gasteiger partial charge on any atom is -0.457 e. The zero-order valence-corrected chi connectivity index (χ0v) is 43.3. The molecule has 8 aromatic rings. The summed E-state index contributed by atoms with van der Waals surface area (Å²) >= 11 is 0. The number of para-hydroxylation sites is 2. The summed E-state index contributed by atoms with van der Waals surface area (Å²) in [6, 6.07) is 47.5. The highest BCUT2D eigenvalue weighted by Crippen LogP contribution is 2.47. The molecule has 1 aliphatic heterocycles. The van der Waals surface area contributed by atoms with Gasteiger partial charge in [0.05, 0.1) is 22.4 Å². The highest BCUT2D eigenvalue weighted by molar-refractivity contribution is 6.10. The molecule has 0 radical (unpaired) electrons. The van der Waals surface area contributed by atoms with Crippen LogP contribution in [0.15, 0.2) is 134 Å². The van der Waals surface area contributed by atoms with Crippen molar-refractivity contribution in [3.8, 4) is 28.4 Å². The molecule has 0 atom stereocenters. The van der Waals surface area contributed by atoms with Crippen molar-refractivity contribution in [2.75, 3.05) is 16.5 Å². The molecule has 0 aliphatic carbocycles. The van der Waals surface area contributed by atoms with Crippen molar-refractivity contribution in [1.29, 1.82) is 0 Å². The van der Waals surface area contributed by atoms with Crippen LogP contribution < -0.4 is 14.5 Å². The van der Waals surface area contributed by atoms with Gasteiger partial charge < -0.3 is 14.5 Å². The number of anilines is 4. The number of pyridine rings is 1. The molecule has 9 rings (SSSR count). The Morgan fingerprint density at radius 1 is 0.485 bits per heavy atom. The molecule has 0 fully saturated rings. The van der Waals surface area contributed by atoms with Gasteiger partial charge in [-0.15, -0.1) is 0 Å². The predicted octanol–water partition coefficient (Wildman–Crippen LogP) is 18.1. The first-order valence-electron chi connectivity index (χ1n) is 24.9. The fourth-order valence-electron chi connectivity index (χ4n) is 9.93. The van der Waals surface area contributed by atoms with Crippen LogP contribution in [0.2, 0.25) is 0 Å². The molecule has 0 saturated carbocycles. The van der Waals surface area contributed by atoms with E-state index in [4.69, 9.17) is 9.72 Å². The summed E-state index contributed by atoms with van der Waals surface area (Å²) in [7, 11) is 0. The van der Waals surface area contributed by atoms with Gasteiger partial charge in [0.2, 0.25) is 0 Å². The van der Waals surface area contributed by atoms with Crippen molar-refractivity contribution < 1.29 is 4.74 Å². The summed E-state index contributed by atoms with van der Waals surface area (Å²) in [5, 5.41) is 2.38. The highest BCUT2D eigenvalue weighted by atomic mass is 16.5. The Morgan fingerprint density at radius 2 is 1.10 bits per heavy atom. The third-order valence-corrected chi connectivity index (χ3v) is 14.1. The first-order chi connectivity index (χ1) is 32.1. The minimum absolute atomic E-state index is 0.00833. The lowest BCUT2D eigenvalue weighted by molar-refractivity contribution is 0.479. The smallest absolute Gasteiger partial charge is 0.138 e. The van der Waals surface area contributed by atoms with Crippen molar-refractivity contribution >= 4 is 44.6 Å². The van der Waals surface area contributed by atoms with Crippen molar-refractivity contribution in [3.63, 3.8) is 0 Å². The van der Waals surface area contributed by atoms with Gasteiger partial charge in [0.15, 0.2) is 0 Å². The topological polar surface area (TPSA) is 33.5 Å². The Labute approximate surface area is 406 Å². The second-order valence-corrected chi connectivity index (χ2v) is 23.3. The maximum atomic E-state index is 7.07. The van der Waals surface area contributed by atoms with E-state index in [-0.39, 0.29) is 16.2 Å². The molecule has 0 saturated heterocycles. The fraction of sp³-hybridized carbons (Fsp3) is 0.349. The molecule has 350 valence electrons. The molecule has 5 nitrogen and oxygen atoms in total. The average Bonchev–Trinajstić information content (AvgIpc) is 3.83. The molecule has 0 spiro atoms. The number of nitrogens with zero attached hydrogens (tertiary/aromatic N) is 4. The predicted molar refractivity (Wildman–Crippen MR) is 291 cm³/mol. The molecular weight excluding hydrogens is 829 g/mol. The number of rotatable bonds is 9. The molecule has 6 aromatic carbocycles. The quantitative estimate of drug-likeness (QED) is 0.145. The van der Waals surface area contributed by atoms with Crippen LogP contribution in [0, 0.1) is 0 Å². The van der Waals surface area contributed by atoms with Gasteiger partial charge in [0.1, 0.15) is 24.0 Å². The van der Waals surface area contributed by atoms with E-state index in [1.165, 1.54) is 72.3 Å². The fourth-order valence-corrected chi connectivity index (χ4v) is 9.93. The van der Waals surface area contributed by atoms with Crippen LogP contribution in [0.25, 0.3) is 38.8 Å². The van der Waals surface area contributed by atoms with Gasteiger partial charge in [-0.05, 0) is 151 Å². The number of fused-ring (bicyclic) bond motifs is 4. The van der Waals surface area contributed by atoms with Crippen molar-refractivity contribution in [3.05, 3.63) is 167 Å². The van der Waals surface area contributed by atoms with Gasteiger partial charge in [0, 0.05) is 40.5 Å². The molecule has 1 aliphatic rings. The largest absolute Gasteiger partial charge is 0.457 e. The van der Waals surface area contributed by atoms with Crippen LogP contribution in [0.1, 0.15) is 155 Å². The molecule has 2 aromatic heterocycles. The van der Waals surface area contributed by atoms with E-state index in [0.717, 1.165) is 34.0 Å². The van der Waals surface area contributed by atoms with Crippen LogP contribution in [0.4, 0.5) is 22.7 Å². The first-order valence-corrected chi connectivity index (χ1v) is 24.9. The van der Waals surface area contributed by atoms with Gasteiger partial charge in [-0.3, -0.25) is 4.57 Å². The van der Waals surface area contributed by atoms with Gasteiger partial charge >= 0.3 is 0 Å². The molecule has 0 N–H and O–H groups in total. The Bertz CT molecular complexity index is 3150. The lowest BCUT2D eigenvalue weighted by Crippen LogP contribution is -2.25. The lowest BCUT2D eigenvalue weighted by Gasteiger charge is -2.27. The summed E-state index contributed by atoms with van der Waals surface area (Å²) < 4.78 is 9.42. The van der Waals surface area contributed by atoms with Crippen LogP contribution >= 0.6 is 0 Å². The molecule has 0 amide bonds. The number of benzene rings is 6. The second kappa shape index (κ2) is 17.3. The van der Waals surface area contributed by atoms with E-state index < -0.39 is 0 Å². The van der Waals surface area contributed by atoms with Gasteiger partial charge in [-0.2, -0.15) is 0 Å². The summed E-state index contributed by atoms with van der Waals surface area (Å²) in [4.78, 5) is 10.0. The second-order valence-electron chi connectivity index (χ2n) is 23.3. The number of hydrogen-bond acceptors (Lipinski definition) is 4. The number of ether oxygens (including phenoxy) is 1. The third kappa shape index (κ3) is 8.81. The van der Waals surface area contributed by atoms with E-state index >= 15 is 0 Å². The Hall–Kier alpha value is -6.33. The molecule has 0 bridgehead atoms. The standard InChI is InChI=1S/C63H72N4O/c1-39(2)43-29-52(40(3)4)60(53(30-43)41(5)6)42-27-28-64-59(31-42)67-55-26-23-45(62(10,11)12)35-54(55)51-25-24-49(37-58(51)67)68-50-34-46(63(13,14)15)33-48(36-50)66-38-65(56-21-16-17-22-57(56)66)47-20-18-19-44(32-47)61(7,8)9/h16-37,39-41H,38H2,1-15H3. The van der Waals surface area contributed by atoms with Gasteiger partial charge in [-0.25, -0.2) is 4.98 Å². The minimum atomic E-state index is -0.119. The Morgan fingerprint density at radius 3 is 1.72 bits per heavy atom. The van der Waals surface area contributed by atoms with Crippen molar-refractivity contribution in [2.24, 2.45) is 0 Å². The van der Waals surface area contributed by atoms with Crippen LogP contribution in [-0.2, 0) is 16.2 Å². The van der Waals surface area contributed by atoms with E-state index in [1.807, 2.05) is 6.20 Å². The normalized spacial score (nSPS) is 13.5. The van der Waals surface area contributed by atoms with E-state index in [2.05, 4.69) is 246 Å². The zero-order valence-electron chi connectivity index (χ0n) is 43.3. The van der Waals surface area contributed by atoms with Crippen LogP contribution in [0.5, 0.6) is 11.5 Å². The summed E-state index contributed by atoms with van der Waals surface area (Å²) in [6.07, 6.45) is 2.00. The van der Waals surface area contributed by atoms with Crippen molar-refractivity contribution in [2.45, 2.75) is 138 Å². The summed E-state index contributed by atoms with van der Waals surface area (Å²) in [5.74, 6) is 3.66. The number of hydrogen-bond donors (Lipinski definition) is 0. The maximum absolute atomic E-state index is 7.07. The highest BCUT2D eigenvalue weighted by Gasteiger charge is 2.30. The van der Waals surface area contributed by atoms with E-state index in [1.54, 1.807) is 0 Å². The Balaban J connectivity index is 1.17. The van der Waals surface area contributed by atoms with E-state index in [0.29, 0.717) is 24.4 Å².